The second-order valence-electron chi connectivity index (χ2n) is 7.82. The summed E-state index contributed by atoms with van der Waals surface area (Å²) in [5.74, 6) is 0. The van der Waals surface area contributed by atoms with E-state index < -0.39 is 0 Å². The minimum absolute atomic E-state index is 0.333. The third-order valence-corrected chi connectivity index (χ3v) is 3.81. The molecule has 0 aromatic heterocycles. The van der Waals surface area contributed by atoms with E-state index in [-0.39, 0.29) is 0 Å². The summed E-state index contributed by atoms with van der Waals surface area (Å²) in [7, 11) is 1.93. The van der Waals surface area contributed by atoms with E-state index in [4.69, 9.17) is 11.5 Å². The van der Waals surface area contributed by atoms with Crippen LogP contribution in [0.5, 0.6) is 0 Å². The first-order chi connectivity index (χ1) is 14.5. The molecule has 0 aliphatic carbocycles. The van der Waals surface area contributed by atoms with Crippen LogP contribution in [0.15, 0.2) is 48.5 Å². The third kappa shape index (κ3) is 20.9. The monoisotopic (exact) mass is 429 g/mol. The minimum atomic E-state index is 0.333. The highest BCUT2D eigenvalue weighted by Crippen LogP contribution is 2.17. The first kappa shape index (κ1) is 33.5. The Morgan fingerprint density at radius 3 is 1.58 bits per heavy atom. The van der Waals surface area contributed by atoms with Crippen LogP contribution in [0, 0.1) is 20.8 Å². The van der Waals surface area contributed by atoms with E-state index in [2.05, 4.69) is 76.3 Å². The Hall–Kier alpha value is -2.10. The quantitative estimate of drug-likeness (QED) is 0.463. The lowest BCUT2D eigenvalue weighted by atomic mass is 10.0. The van der Waals surface area contributed by atoms with Crippen LogP contribution in [0.2, 0.25) is 0 Å². The Balaban J connectivity index is -0.000000363. The molecule has 0 spiro atoms. The average molecular weight is 430 g/mol. The fourth-order valence-corrected chi connectivity index (χ4v) is 2.01. The molecule has 31 heavy (non-hydrogen) atoms. The van der Waals surface area contributed by atoms with Gasteiger partial charge in [-0.1, -0.05) is 84.0 Å². The van der Waals surface area contributed by atoms with Crippen LogP contribution in [-0.4, -0.2) is 19.1 Å². The molecule has 0 bridgehead atoms. The van der Waals surface area contributed by atoms with Gasteiger partial charge in [-0.3, -0.25) is 0 Å². The number of nitrogens with two attached hydrogens (primary N) is 2. The fourth-order valence-electron chi connectivity index (χ4n) is 2.01. The summed E-state index contributed by atoms with van der Waals surface area (Å²) < 4.78 is 0. The molecule has 0 fully saturated rings. The first-order valence-corrected chi connectivity index (χ1v) is 11.4. The van der Waals surface area contributed by atoms with Gasteiger partial charge < -0.3 is 16.8 Å². The highest BCUT2D eigenvalue weighted by atomic mass is 14.8. The predicted molar refractivity (Wildman–Crippen MR) is 146 cm³/mol. The van der Waals surface area contributed by atoms with Gasteiger partial charge in [0.05, 0.1) is 0 Å². The van der Waals surface area contributed by atoms with Crippen molar-refractivity contribution in [3.05, 3.63) is 70.8 Å². The Morgan fingerprint density at radius 2 is 1.26 bits per heavy atom. The standard InChI is InChI=1S/C12H16.C8H11N.2C3H9N.C2H6/c1-5-9(2)12-7-6-10(3)11(4)8-12;1-7-5-3-4-6-8(7)9-2;2*1-3(2)4;1-2/h5-8H,1-4H3;3-6,9H,1-2H3;2*3H,4H2,1-2H3;1-2H3/b9-5+;;;;. The smallest absolute Gasteiger partial charge is 0.0367 e. The Labute approximate surface area is 194 Å². The maximum Gasteiger partial charge on any atom is 0.0367 e. The van der Waals surface area contributed by atoms with Crippen LogP contribution >= 0.6 is 0 Å². The van der Waals surface area contributed by atoms with Gasteiger partial charge >= 0.3 is 0 Å². The lowest BCUT2D eigenvalue weighted by Gasteiger charge is -2.04. The summed E-state index contributed by atoms with van der Waals surface area (Å²) in [5, 5.41) is 3.10. The molecule has 0 unspecified atom stereocenters. The lowest BCUT2D eigenvalue weighted by Crippen LogP contribution is -2.07. The molecule has 3 heteroatoms. The van der Waals surface area contributed by atoms with Crippen molar-refractivity contribution in [2.24, 2.45) is 11.5 Å². The summed E-state index contributed by atoms with van der Waals surface area (Å²) in [5.41, 5.74) is 18.1. The van der Waals surface area contributed by atoms with Crippen molar-refractivity contribution >= 4 is 11.3 Å². The molecule has 0 saturated carbocycles. The molecule has 2 aromatic rings. The number of benzene rings is 2. The molecule has 0 aliphatic heterocycles. The van der Waals surface area contributed by atoms with Crippen molar-refractivity contribution in [3.8, 4) is 0 Å². The molecule has 0 saturated heterocycles. The van der Waals surface area contributed by atoms with Crippen molar-refractivity contribution in [2.45, 2.75) is 88.2 Å². The van der Waals surface area contributed by atoms with Gasteiger partial charge in [0.25, 0.3) is 0 Å². The van der Waals surface area contributed by atoms with Crippen LogP contribution in [0.3, 0.4) is 0 Å². The van der Waals surface area contributed by atoms with Gasteiger partial charge in [0.15, 0.2) is 0 Å². The van der Waals surface area contributed by atoms with Crippen molar-refractivity contribution in [2.75, 3.05) is 12.4 Å². The topological polar surface area (TPSA) is 64.1 Å². The van der Waals surface area contributed by atoms with E-state index in [1.807, 2.05) is 60.7 Å². The van der Waals surface area contributed by atoms with Crippen LogP contribution in [0.1, 0.15) is 77.6 Å². The zero-order valence-corrected chi connectivity index (χ0v) is 22.4. The molecule has 0 aliphatic rings. The summed E-state index contributed by atoms with van der Waals surface area (Å²) in [6.45, 7) is 22.4. The van der Waals surface area contributed by atoms with Crippen molar-refractivity contribution in [1.82, 2.24) is 0 Å². The fraction of sp³-hybridized carbons (Fsp3) is 0.500. The van der Waals surface area contributed by atoms with Gasteiger partial charge in [0, 0.05) is 12.7 Å². The minimum Gasteiger partial charge on any atom is -0.388 e. The number of para-hydroxylation sites is 1. The van der Waals surface area contributed by atoms with Crippen molar-refractivity contribution in [3.63, 3.8) is 0 Å². The van der Waals surface area contributed by atoms with Gasteiger partial charge in [0.2, 0.25) is 0 Å². The predicted octanol–water partition coefficient (Wildman–Crippen LogP) is 7.50. The molecule has 3 nitrogen and oxygen atoms in total. The van der Waals surface area contributed by atoms with Gasteiger partial charge in [-0.2, -0.15) is 0 Å². The lowest BCUT2D eigenvalue weighted by molar-refractivity contribution is 0.834. The molecular weight excluding hydrogens is 378 g/mol. The van der Waals surface area contributed by atoms with Gasteiger partial charge in [-0.15, -0.1) is 0 Å². The molecule has 0 amide bonds. The molecule has 2 aromatic carbocycles. The van der Waals surface area contributed by atoms with E-state index in [0.717, 1.165) is 0 Å². The van der Waals surface area contributed by atoms with Crippen molar-refractivity contribution < 1.29 is 0 Å². The number of hydrogen-bond donors (Lipinski definition) is 3. The molecule has 5 N–H and O–H groups in total. The summed E-state index contributed by atoms with van der Waals surface area (Å²) in [6, 6.07) is 15.5. The Kier molecular flexibility index (Phi) is 22.9. The highest BCUT2D eigenvalue weighted by Gasteiger charge is 1.96. The molecular formula is C28H51N3. The number of hydrogen-bond acceptors (Lipinski definition) is 3. The van der Waals surface area contributed by atoms with E-state index in [1.54, 1.807) is 0 Å². The SMILES string of the molecule is C/C=C(\C)c1ccc(C)c(C)c1.CC.CC(C)N.CC(C)N.CNc1ccccc1C. The highest BCUT2D eigenvalue weighted by molar-refractivity contribution is 5.64. The largest absolute Gasteiger partial charge is 0.388 e. The van der Waals surface area contributed by atoms with Gasteiger partial charge in [-0.05, 0) is 80.6 Å². The van der Waals surface area contributed by atoms with E-state index >= 15 is 0 Å². The molecule has 0 heterocycles. The van der Waals surface area contributed by atoms with Crippen LogP contribution in [0.25, 0.3) is 5.57 Å². The zero-order chi connectivity index (χ0) is 25.0. The third-order valence-electron chi connectivity index (χ3n) is 3.81. The second kappa shape index (κ2) is 21.1. The normalized spacial score (nSPS) is 9.74. The second-order valence-corrected chi connectivity index (χ2v) is 7.82. The Bertz CT molecular complexity index is 690. The first-order valence-electron chi connectivity index (χ1n) is 11.4. The summed E-state index contributed by atoms with van der Waals surface area (Å²) in [4.78, 5) is 0. The maximum absolute atomic E-state index is 5.11. The number of rotatable bonds is 2. The summed E-state index contributed by atoms with van der Waals surface area (Å²) in [6.07, 6.45) is 2.14. The van der Waals surface area contributed by atoms with Gasteiger partial charge in [0.1, 0.15) is 0 Å². The van der Waals surface area contributed by atoms with Crippen LogP contribution in [-0.2, 0) is 0 Å². The van der Waals surface area contributed by atoms with Gasteiger partial charge in [-0.25, -0.2) is 0 Å². The number of aryl methyl sites for hydroxylation is 3. The molecule has 2 rings (SSSR count). The van der Waals surface area contributed by atoms with Crippen molar-refractivity contribution in [1.29, 1.82) is 0 Å². The van der Waals surface area contributed by atoms with E-state index in [9.17, 15) is 0 Å². The average Bonchev–Trinajstić information content (AvgIpc) is 2.71. The Morgan fingerprint density at radius 1 is 0.806 bits per heavy atom. The molecule has 178 valence electrons. The van der Waals surface area contributed by atoms with E-state index in [0.29, 0.717) is 12.1 Å². The maximum atomic E-state index is 5.11. The van der Waals surface area contributed by atoms with Crippen LogP contribution in [0.4, 0.5) is 5.69 Å². The molecule has 0 radical (unpaired) electrons. The van der Waals surface area contributed by atoms with E-state index in [1.165, 1.54) is 33.5 Å². The zero-order valence-electron chi connectivity index (χ0n) is 22.4. The van der Waals surface area contributed by atoms with Crippen LogP contribution < -0.4 is 16.8 Å². The summed E-state index contributed by atoms with van der Waals surface area (Å²) >= 11 is 0. The number of anilines is 1. The number of allylic oxidation sites excluding steroid dienone is 2. The number of nitrogens with one attached hydrogen (secondary N) is 1. The molecule has 0 atom stereocenters.